The highest BCUT2D eigenvalue weighted by atomic mass is 127. The maximum atomic E-state index is 9.52. The molecule has 2 aromatic carbocycles. The number of rotatable bonds is 8. The molecule has 0 saturated heterocycles. The van der Waals surface area contributed by atoms with Gasteiger partial charge in [0, 0.05) is 19.6 Å². The fraction of sp³-hybridized carbons (Fsp3) is 0.381. The first kappa shape index (κ1) is 23.1. The molecule has 0 spiro atoms. The van der Waals surface area contributed by atoms with Gasteiger partial charge in [0.1, 0.15) is 11.5 Å². The quantitative estimate of drug-likeness (QED) is 0.305. The molecule has 3 N–H and O–H groups in total. The van der Waals surface area contributed by atoms with Crippen LogP contribution in [0.3, 0.4) is 0 Å². The van der Waals surface area contributed by atoms with Gasteiger partial charge < -0.3 is 20.5 Å². The average Bonchev–Trinajstić information content (AvgIpc) is 2.63. The zero-order valence-corrected chi connectivity index (χ0v) is 18.6. The number of nitrogens with zero attached hydrogens (tertiary/aromatic N) is 1. The van der Waals surface area contributed by atoms with E-state index in [1.807, 2.05) is 19.1 Å². The van der Waals surface area contributed by atoms with Gasteiger partial charge >= 0.3 is 0 Å². The lowest BCUT2D eigenvalue weighted by molar-refractivity contribution is 0.411. The van der Waals surface area contributed by atoms with Gasteiger partial charge in [-0.2, -0.15) is 0 Å². The van der Waals surface area contributed by atoms with E-state index in [2.05, 4.69) is 40.7 Å². The third-order valence-corrected chi connectivity index (χ3v) is 4.10. The number of ether oxygens (including phenoxy) is 1. The smallest absolute Gasteiger partial charge is 0.191 e. The van der Waals surface area contributed by atoms with Crippen molar-refractivity contribution in [1.29, 1.82) is 0 Å². The molecule has 6 heteroatoms. The molecule has 0 aromatic heterocycles. The average molecular weight is 483 g/mol. The van der Waals surface area contributed by atoms with E-state index in [4.69, 9.17) is 4.74 Å². The van der Waals surface area contributed by atoms with Gasteiger partial charge in [-0.25, -0.2) is 0 Å². The van der Waals surface area contributed by atoms with Crippen LogP contribution in [0.1, 0.15) is 23.6 Å². The van der Waals surface area contributed by atoms with Crippen molar-refractivity contribution in [2.75, 3.05) is 26.7 Å². The third kappa shape index (κ3) is 8.07. The number of methoxy groups -OCH3 is 1. The van der Waals surface area contributed by atoms with Crippen molar-refractivity contribution in [3.8, 4) is 11.5 Å². The monoisotopic (exact) mass is 483 g/mol. The Morgan fingerprint density at radius 1 is 1.07 bits per heavy atom. The standard InChI is InChI=1S/C21H29N3O2.HI/c1-4-22-21(23-12-10-17-6-5-7-19(25)14-17)24-13-11-18-9-8-16(2)20(15-18)26-3;/h5-9,14-15,25H,4,10-13H2,1-3H3,(H2,22,23,24);1H. The first-order valence-corrected chi connectivity index (χ1v) is 9.06. The topological polar surface area (TPSA) is 65.9 Å². The Hall–Kier alpha value is -1.96. The lowest BCUT2D eigenvalue weighted by Crippen LogP contribution is -2.38. The Bertz CT molecular complexity index is 735. The highest BCUT2D eigenvalue weighted by Crippen LogP contribution is 2.19. The van der Waals surface area contributed by atoms with Crippen LogP contribution in [0.2, 0.25) is 0 Å². The first-order valence-electron chi connectivity index (χ1n) is 9.06. The van der Waals surface area contributed by atoms with E-state index >= 15 is 0 Å². The van der Waals surface area contributed by atoms with E-state index < -0.39 is 0 Å². The first-order chi connectivity index (χ1) is 12.6. The van der Waals surface area contributed by atoms with Crippen LogP contribution in [0.4, 0.5) is 0 Å². The van der Waals surface area contributed by atoms with Crippen LogP contribution in [-0.2, 0) is 12.8 Å². The van der Waals surface area contributed by atoms with Crippen molar-refractivity contribution >= 4 is 29.9 Å². The number of phenols is 1. The molecular formula is C21H30IN3O2. The van der Waals surface area contributed by atoms with Gasteiger partial charge in [0.05, 0.1) is 7.11 Å². The van der Waals surface area contributed by atoms with Crippen LogP contribution < -0.4 is 15.4 Å². The molecule has 0 atom stereocenters. The van der Waals surface area contributed by atoms with E-state index in [0.717, 1.165) is 48.8 Å². The van der Waals surface area contributed by atoms with Crippen molar-refractivity contribution in [1.82, 2.24) is 10.6 Å². The summed E-state index contributed by atoms with van der Waals surface area (Å²) in [5.74, 6) is 2.03. The highest BCUT2D eigenvalue weighted by molar-refractivity contribution is 14.0. The molecule has 0 fully saturated rings. The summed E-state index contributed by atoms with van der Waals surface area (Å²) in [6.07, 6.45) is 1.69. The predicted octanol–water partition coefficient (Wildman–Crippen LogP) is 3.67. The number of nitrogens with one attached hydrogen (secondary N) is 2. The lowest BCUT2D eigenvalue weighted by Gasteiger charge is -2.12. The van der Waals surface area contributed by atoms with Gasteiger partial charge in [-0.15, -0.1) is 24.0 Å². The Labute approximate surface area is 179 Å². The minimum Gasteiger partial charge on any atom is -0.508 e. The van der Waals surface area contributed by atoms with Crippen LogP contribution in [0.15, 0.2) is 47.5 Å². The molecule has 2 rings (SSSR count). The molecule has 0 heterocycles. The summed E-state index contributed by atoms with van der Waals surface area (Å²) in [5.41, 5.74) is 3.45. The Kier molecular flexibility index (Phi) is 10.6. The summed E-state index contributed by atoms with van der Waals surface area (Å²) in [5, 5.41) is 16.1. The zero-order valence-electron chi connectivity index (χ0n) is 16.3. The third-order valence-electron chi connectivity index (χ3n) is 4.10. The fourth-order valence-corrected chi connectivity index (χ4v) is 2.70. The van der Waals surface area contributed by atoms with Gasteiger partial charge in [-0.05, 0) is 61.6 Å². The Balaban J connectivity index is 0.00000364. The van der Waals surface area contributed by atoms with Crippen molar-refractivity contribution in [3.63, 3.8) is 0 Å². The number of aromatic hydroxyl groups is 1. The van der Waals surface area contributed by atoms with Gasteiger partial charge in [0.15, 0.2) is 5.96 Å². The molecule has 0 unspecified atom stereocenters. The molecule has 27 heavy (non-hydrogen) atoms. The zero-order chi connectivity index (χ0) is 18.8. The molecule has 0 aliphatic heterocycles. The molecule has 0 aliphatic carbocycles. The number of guanidine groups is 1. The van der Waals surface area contributed by atoms with Crippen molar-refractivity contribution in [2.24, 2.45) is 4.99 Å². The van der Waals surface area contributed by atoms with E-state index in [1.165, 1.54) is 5.56 Å². The Morgan fingerprint density at radius 3 is 2.56 bits per heavy atom. The SMILES string of the molecule is CCNC(=NCCc1ccc(C)c(OC)c1)NCCc1cccc(O)c1.I. The van der Waals surface area contributed by atoms with E-state index in [-0.39, 0.29) is 24.0 Å². The van der Waals surface area contributed by atoms with Gasteiger partial charge in [-0.3, -0.25) is 4.99 Å². The fourth-order valence-electron chi connectivity index (χ4n) is 2.70. The Morgan fingerprint density at radius 2 is 1.85 bits per heavy atom. The minimum atomic E-state index is 0. The van der Waals surface area contributed by atoms with Crippen molar-refractivity contribution in [2.45, 2.75) is 26.7 Å². The largest absolute Gasteiger partial charge is 0.508 e. The molecule has 0 saturated carbocycles. The van der Waals surface area contributed by atoms with Crippen LogP contribution in [0.25, 0.3) is 0 Å². The van der Waals surface area contributed by atoms with E-state index in [0.29, 0.717) is 12.3 Å². The minimum absolute atomic E-state index is 0. The molecule has 2 aromatic rings. The lowest BCUT2D eigenvalue weighted by atomic mass is 10.1. The number of aliphatic imine (C=N–C) groups is 1. The van der Waals surface area contributed by atoms with Crippen molar-refractivity contribution < 1.29 is 9.84 Å². The summed E-state index contributed by atoms with van der Waals surface area (Å²) in [6, 6.07) is 13.6. The summed E-state index contributed by atoms with van der Waals surface area (Å²) in [6.45, 7) is 6.37. The molecule has 0 radical (unpaired) electrons. The number of aryl methyl sites for hydroxylation is 1. The molecule has 148 valence electrons. The molecule has 0 bridgehead atoms. The predicted molar refractivity (Wildman–Crippen MR) is 123 cm³/mol. The second-order valence-corrected chi connectivity index (χ2v) is 6.16. The van der Waals surface area contributed by atoms with Crippen LogP contribution in [0.5, 0.6) is 11.5 Å². The van der Waals surface area contributed by atoms with Gasteiger partial charge in [-0.1, -0.05) is 24.3 Å². The maximum absolute atomic E-state index is 9.52. The summed E-state index contributed by atoms with van der Waals surface area (Å²) >= 11 is 0. The van der Waals surface area contributed by atoms with E-state index in [9.17, 15) is 5.11 Å². The normalized spacial score (nSPS) is 10.9. The van der Waals surface area contributed by atoms with Crippen molar-refractivity contribution in [3.05, 3.63) is 59.2 Å². The second kappa shape index (κ2) is 12.4. The summed E-state index contributed by atoms with van der Waals surface area (Å²) in [7, 11) is 1.70. The number of benzene rings is 2. The molecule has 0 amide bonds. The number of phenolic OH excluding ortho intramolecular Hbond substituents is 1. The van der Waals surface area contributed by atoms with E-state index in [1.54, 1.807) is 19.2 Å². The molecule has 0 aliphatic rings. The number of hydrogen-bond donors (Lipinski definition) is 3. The maximum Gasteiger partial charge on any atom is 0.191 e. The van der Waals surface area contributed by atoms with Crippen LogP contribution in [-0.4, -0.2) is 37.8 Å². The highest BCUT2D eigenvalue weighted by Gasteiger charge is 2.02. The molecule has 5 nitrogen and oxygen atoms in total. The number of hydrogen-bond acceptors (Lipinski definition) is 3. The summed E-state index contributed by atoms with van der Waals surface area (Å²) in [4.78, 5) is 4.64. The summed E-state index contributed by atoms with van der Waals surface area (Å²) < 4.78 is 5.38. The molecular weight excluding hydrogens is 453 g/mol. The van der Waals surface area contributed by atoms with Gasteiger partial charge in [0.25, 0.3) is 0 Å². The number of halogens is 1. The van der Waals surface area contributed by atoms with Gasteiger partial charge in [0.2, 0.25) is 0 Å². The van der Waals surface area contributed by atoms with Crippen LogP contribution >= 0.6 is 24.0 Å². The second-order valence-electron chi connectivity index (χ2n) is 6.16. The van der Waals surface area contributed by atoms with Crippen LogP contribution in [0, 0.1) is 6.92 Å².